The van der Waals surface area contributed by atoms with Gasteiger partial charge in [0, 0.05) is 11.5 Å². The van der Waals surface area contributed by atoms with E-state index in [0.717, 1.165) is 17.8 Å². The van der Waals surface area contributed by atoms with Crippen LogP contribution in [-0.4, -0.2) is 25.9 Å². The van der Waals surface area contributed by atoms with Crippen LogP contribution in [0.5, 0.6) is 0 Å². The number of benzene rings is 1. The molecule has 0 spiro atoms. The van der Waals surface area contributed by atoms with E-state index in [9.17, 15) is 4.39 Å². The van der Waals surface area contributed by atoms with E-state index < -0.39 is 12.9 Å². The average molecular weight is 198 g/mol. The second-order valence-corrected chi connectivity index (χ2v) is 3.03. The Morgan fingerprint density at radius 3 is 2.46 bits per heavy atom. The highest BCUT2D eigenvalue weighted by Crippen LogP contribution is 2.11. The van der Waals surface area contributed by atoms with Gasteiger partial charge in [0.05, 0.1) is 11.7 Å². The number of aromatic nitrogens is 2. The van der Waals surface area contributed by atoms with Crippen LogP contribution in [0.25, 0.3) is 11.0 Å². The quantitative estimate of drug-likeness (QED) is 0.606. The maximum absolute atomic E-state index is 13.1. The van der Waals surface area contributed by atoms with Crippen molar-refractivity contribution in [3.63, 3.8) is 0 Å². The van der Waals surface area contributed by atoms with Crippen molar-refractivity contribution in [2.75, 3.05) is 0 Å². The largest absolute Gasteiger partial charge is 0.491 e. The van der Waals surface area contributed by atoms with Gasteiger partial charge in [-0.1, -0.05) is 0 Å². The highest BCUT2D eigenvalue weighted by molar-refractivity contribution is 7.00. The molecule has 4 nitrogen and oxygen atoms in total. The van der Waals surface area contributed by atoms with Crippen molar-refractivity contribution in [1.82, 2.24) is 8.75 Å². The predicted molar refractivity (Wildman–Crippen MR) is 47.2 cm³/mol. The van der Waals surface area contributed by atoms with E-state index in [1.54, 1.807) is 0 Å². The molecule has 1 heterocycles. The fourth-order valence-electron chi connectivity index (χ4n) is 1.02. The Labute approximate surface area is 77.1 Å². The summed E-state index contributed by atoms with van der Waals surface area (Å²) in [4.78, 5) is 0. The Kier molecular flexibility index (Phi) is 1.99. The van der Waals surface area contributed by atoms with Gasteiger partial charge in [-0.25, -0.2) is 4.39 Å². The molecule has 0 aliphatic rings. The third kappa shape index (κ3) is 1.41. The van der Waals surface area contributed by atoms with E-state index in [1.807, 2.05) is 0 Å². The Balaban J connectivity index is 2.69. The minimum atomic E-state index is -1.81. The first-order valence-electron chi connectivity index (χ1n) is 3.46. The molecule has 2 N–H and O–H groups in total. The monoisotopic (exact) mass is 198 g/mol. The lowest BCUT2D eigenvalue weighted by Crippen LogP contribution is -2.32. The minimum Gasteiger partial charge on any atom is -0.423 e. The van der Waals surface area contributed by atoms with Crippen LogP contribution in [0.4, 0.5) is 4.39 Å². The molecule has 0 amide bonds. The Hall–Kier alpha value is -1.05. The third-order valence-electron chi connectivity index (χ3n) is 1.65. The van der Waals surface area contributed by atoms with Crippen molar-refractivity contribution >= 4 is 35.3 Å². The fourth-order valence-corrected chi connectivity index (χ4v) is 1.53. The molecule has 0 fully saturated rings. The smallest absolute Gasteiger partial charge is 0.423 e. The van der Waals surface area contributed by atoms with E-state index in [4.69, 9.17) is 10.0 Å². The summed E-state index contributed by atoms with van der Waals surface area (Å²) in [6, 6.07) is 2.41. The fraction of sp³-hybridized carbons (Fsp3) is 0. The standard InChI is InChI=1S/C6H4BFN2O2S/c8-4-2-6-5(9-13-10-6)1-3(4)7(11)12/h1-2,11-12H. The molecule has 7 heteroatoms. The number of nitrogens with zero attached hydrogens (tertiary/aromatic N) is 2. The molecule has 0 unspecified atom stereocenters. The van der Waals surface area contributed by atoms with Crippen LogP contribution in [0.15, 0.2) is 12.1 Å². The Bertz CT molecular complexity index is 447. The zero-order chi connectivity index (χ0) is 9.42. The van der Waals surface area contributed by atoms with Gasteiger partial charge in [0.1, 0.15) is 16.9 Å². The summed E-state index contributed by atoms with van der Waals surface area (Å²) in [5, 5.41) is 17.5. The van der Waals surface area contributed by atoms with Crippen LogP contribution >= 0.6 is 11.7 Å². The van der Waals surface area contributed by atoms with Crippen LogP contribution < -0.4 is 5.46 Å². The zero-order valence-corrected chi connectivity index (χ0v) is 7.12. The van der Waals surface area contributed by atoms with Crippen LogP contribution in [0.3, 0.4) is 0 Å². The van der Waals surface area contributed by atoms with E-state index in [-0.39, 0.29) is 5.46 Å². The maximum Gasteiger partial charge on any atom is 0.491 e. The number of fused-ring (bicyclic) bond motifs is 1. The second-order valence-electron chi connectivity index (χ2n) is 2.50. The van der Waals surface area contributed by atoms with Crippen LogP contribution in [0.2, 0.25) is 0 Å². The average Bonchev–Trinajstić information content (AvgIpc) is 2.48. The Morgan fingerprint density at radius 2 is 1.85 bits per heavy atom. The van der Waals surface area contributed by atoms with E-state index in [2.05, 4.69) is 8.75 Å². The second kappa shape index (κ2) is 3.02. The molecule has 0 radical (unpaired) electrons. The van der Waals surface area contributed by atoms with Gasteiger partial charge in [0.25, 0.3) is 0 Å². The summed E-state index contributed by atoms with van der Waals surface area (Å²) in [6.45, 7) is 0. The molecule has 2 rings (SSSR count). The molecular formula is C6H4BFN2O2S. The van der Waals surface area contributed by atoms with Crippen molar-refractivity contribution in [2.24, 2.45) is 0 Å². The van der Waals surface area contributed by atoms with Gasteiger partial charge >= 0.3 is 7.12 Å². The number of hydrogen-bond donors (Lipinski definition) is 2. The minimum absolute atomic E-state index is 0.180. The summed E-state index contributed by atoms with van der Waals surface area (Å²) in [7, 11) is -1.81. The van der Waals surface area contributed by atoms with Gasteiger partial charge in [-0.2, -0.15) is 8.75 Å². The highest BCUT2D eigenvalue weighted by atomic mass is 32.1. The molecule has 66 valence electrons. The molecule has 0 aliphatic carbocycles. The SMILES string of the molecule is OB(O)c1cc2nsnc2cc1F. The third-order valence-corrected chi connectivity index (χ3v) is 2.21. The van der Waals surface area contributed by atoms with Gasteiger partial charge in [-0.3, -0.25) is 0 Å². The molecule has 0 atom stereocenters. The van der Waals surface area contributed by atoms with Gasteiger partial charge in [-0.05, 0) is 6.07 Å². The first-order chi connectivity index (χ1) is 6.18. The summed E-state index contributed by atoms with van der Waals surface area (Å²) < 4.78 is 20.7. The first kappa shape index (κ1) is 8.55. The lowest BCUT2D eigenvalue weighted by Gasteiger charge is -1.99. The normalized spacial score (nSPS) is 10.7. The molecule has 0 saturated heterocycles. The van der Waals surface area contributed by atoms with Crippen LogP contribution in [0.1, 0.15) is 0 Å². The molecule has 1 aromatic carbocycles. The lowest BCUT2D eigenvalue weighted by atomic mass is 9.80. The van der Waals surface area contributed by atoms with E-state index in [0.29, 0.717) is 11.0 Å². The van der Waals surface area contributed by atoms with Gasteiger partial charge in [0.2, 0.25) is 0 Å². The van der Waals surface area contributed by atoms with E-state index >= 15 is 0 Å². The van der Waals surface area contributed by atoms with Crippen molar-refractivity contribution in [2.45, 2.75) is 0 Å². The summed E-state index contributed by atoms with van der Waals surface area (Å²) in [5.41, 5.74) is 0.710. The zero-order valence-electron chi connectivity index (χ0n) is 6.31. The molecule has 2 aromatic rings. The van der Waals surface area contributed by atoms with Crippen molar-refractivity contribution in [3.8, 4) is 0 Å². The van der Waals surface area contributed by atoms with Gasteiger partial charge < -0.3 is 10.0 Å². The van der Waals surface area contributed by atoms with Gasteiger partial charge in [-0.15, -0.1) is 0 Å². The van der Waals surface area contributed by atoms with Crippen molar-refractivity contribution in [1.29, 1.82) is 0 Å². The van der Waals surface area contributed by atoms with Crippen LogP contribution in [0, 0.1) is 5.82 Å². The molecule has 0 saturated carbocycles. The summed E-state index contributed by atoms with van der Waals surface area (Å²) >= 11 is 0.952. The Morgan fingerprint density at radius 1 is 1.23 bits per heavy atom. The molecule has 1 aromatic heterocycles. The first-order valence-corrected chi connectivity index (χ1v) is 4.19. The van der Waals surface area contributed by atoms with Gasteiger partial charge in [0.15, 0.2) is 0 Å². The van der Waals surface area contributed by atoms with E-state index in [1.165, 1.54) is 6.07 Å². The predicted octanol–water partition coefficient (Wildman–Crippen LogP) is -0.490. The lowest BCUT2D eigenvalue weighted by molar-refractivity contribution is 0.423. The summed E-state index contributed by atoms with van der Waals surface area (Å²) in [5.74, 6) is -0.685. The molecule has 13 heavy (non-hydrogen) atoms. The highest BCUT2D eigenvalue weighted by Gasteiger charge is 2.18. The number of rotatable bonds is 1. The molecular weight excluding hydrogens is 194 g/mol. The van der Waals surface area contributed by atoms with Crippen molar-refractivity contribution < 1.29 is 14.4 Å². The number of hydrogen-bond acceptors (Lipinski definition) is 5. The number of halogens is 1. The molecule has 0 aliphatic heterocycles. The van der Waals surface area contributed by atoms with Crippen molar-refractivity contribution in [3.05, 3.63) is 17.9 Å². The topological polar surface area (TPSA) is 66.2 Å². The maximum atomic E-state index is 13.1. The molecule has 0 bridgehead atoms. The van der Waals surface area contributed by atoms with Crippen LogP contribution in [-0.2, 0) is 0 Å². The summed E-state index contributed by atoms with van der Waals surface area (Å²) in [6.07, 6.45) is 0.